The molecule has 5 heteroatoms. The number of H-pyrrole nitrogens is 1. The minimum atomic E-state index is 0.533. The summed E-state index contributed by atoms with van der Waals surface area (Å²) in [6.45, 7) is 1.27. The quantitative estimate of drug-likeness (QED) is 0.629. The Labute approximate surface area is 70.9 Å². The van der Waals surface area contributed by atoms with Gasteiger partial charge in [0.05, 0.1) is 12.8 Å². The molecule has 0 radical (unpaired) electrons. The Balaban J connectivity index is 2.20. The highest BCUT2D eigenvalue weighted by atomic mass is 16.5. The number of aromatic nitrogens is 2. The van der Waals surface area contributed by atoms with Gasteiger partial charge in [0.2, 0.25) is 5.88 Å². The van der Waals surface area contributed by atoms with Crippen LogP contribution >= 0.6 is 0 Å². The number of methoxy groups -OCH3 is 1. The lowest BCUT2D eigenvalue weighted by Gasteiger charge is -2.02. The first-order valence-corrected chi connectivity index (χ1v) is 3.75. The van der Waals surface area contributed by atoms with E-state index in [2.05, 4.69) is 10.2 Å². The zero-order valence-electron chi connectivity index (χ0n) is 7.04. The van der Waals surface area contributed by atoms with Crippen molar-refractivity contribution in [3.05, 3.63) is 6.20 Å². The maximum atomic E-state index is 5.51. The van der Waals surface area contributed by atoms with Crippen LogP contribution in [0.4, 0.5) is 5.69 Å². The Kier molecular flexibility index (Phi) is 3.40. The van der Waals surface area contributed by atoms with E-state index in [4.69, 9.17) is 15.2 Å². The Hall–Kier alpha value is -1.23. The van der Waals surface area contributed by atoms with Gasteiger partial charge in [-0.05, 0) is 0 Å². The number of rotatable bonds is 5. The normalized spacial score (nSPS) is 10.1. The van der Waals surface area contributed by atoms with Gasteiger partial charge in [0.1, 0.15) is 5.69 Å². The van der Waals surface area contributed by atoms with Crippen LogP contribution in [0.5, 0.6) is 5.88 Å². The van der Waals surface area contributed by atoms with Gasteiger partial charge < -0.3 is 15.2 Å². The molecule has 0 unspecified atom stereocenters. The molecule has 0 saturated heterocycles. The Bertz CT molecular complexity index is 224. The Morgan fingerprint density at radius 1 is 1.58 bits per heavy atom. The molecule has 0 aliphatic heterocycles. The number of ether oxygens (including phenoxy) is 2. The molecule has 0 saturated carbocycles. The second kappa shape index (κ2) is 4.61. The maximum absolute atomic E-state index is 5.51. The van der Waals surface area contributed by atoms with Crippen molar-refractivity contribution in [2.45, 2.75) is 6.42 Å². The van der Waals surface area contributed by atoms with Gasteiger partial charge in [-0.1, -0.05) is 0 Å². The predicted molar refractivity (Wildman–Crippen MR) is 45.0 cm³/mol. The van der Waals surface area contributed by atoms with E-state index in [0.29, 0.717) is 24.8 Å². The highest BCUT2D eigenvalue weighted by Gasteiger charge is 2.00. The predicted octanol–water partition coefficient (Wildman–Crippen LogP) is 0.407. The van der Waals surface area contributed by atoms with Crippen molar-refractivity contribution in [2.75, 3.05) is 26.1 Å². The summed E-state index contributed by atoms with van der Waals surface area (Å²) in [6.07, 6.45) is 2.36. The molecule has 0 bridgehead atoms. The molecular formula is C7H13N3O2. The molecule has 1 aromatic rings. The molecule has 1 heterocycles. The second-order valence-corrected chi connectivity index (χ2v) is 2.35. The van der Waals surface area contributed by atoms with Crippen LogP contribution in [0, 0.1) is 0 Å². The van der Waals surface area contributed by atoms with Gasteiger partial charge in [0.25, 0.3) is 0 Å². The lowest BCUT2D eigenvalue weighted by Crippen LogP contribution is -2.02. The van der Waals surface area contributed by atoms with E-state index in [0.717, 1.165) is 6.42 Å². The fraction of sp³-hybridized carbons (Fsp3) is 0.571. The summed E-state index contributed by atoms with van der Waals surface area (Å²) >= 11 is 0. The van der Waals surface area contributed by atoms with E-state index in [1.807, 2.05) is 0 Å². The molecule has 3 N–H and O–H groups in total. The molecule has 1 aromatic heterocycles. The van der Waals surface area contributed by atoms with Crippen molar-refractivity contribution in [3.8, 4) is 5.88 Å². The number of hydrogen-bond donors (Lipinski definition) is 2. The van der Waals surface area contributed by atoms with Gasteiger partial charge in [-0.3, -0.25) is 0 Å². The number of aromatic amines is 1. The fourth-order valence-corrected chi connectivity index (χ4v) is 0.777. The maximum Gasteiger partial charge on any atom is 0.233 e. The average Bonchev–Trinajstić information content (AvgIpc) is 2.46. The van der Waals surface area contributed by atoms with Crippen LogP contribution in [0.25, 0.3) is 0 Å². The number of nitrogen functional groups attached to an aromatic ring is 1. The number of hydrogen-bond acceptors (Lipinski definition) is 4. The Morgan fingerprint density at radius 3 is 3.00 bits per heavy atom. The SMILES string of the molecule is COCCCOc1[nH]ncc1N. The van der Waals surface area contributed by atoms with Gasteiger partial charge in [0.15, 0.2) is 0 Å². The fourth-order valence-electron chi connectivity index (χ4n) is 0.777. The molecule has 0 aromatic carbocycles. The van der Waals surface area contributed by atoms with Crippen LogP contribution in [-0.2, 0) is 4.74 Å². The van der Waals surface area contributed by atoms with E-state index in [-0.39, 0.29) is 0 Å². The monoisotopic (exact) mass is 171 g/mol. The second-order valence-electron chi connectivity index (χ2n) is 2.35. The Morgan fingerprint density at radius 2 is 2.42 bits per heavy atom. The standard InChI is InChI=1S/C7H13N3O2/c1-11-3-2-4-12-7-6(8)5-9-10-7/h5H,2-4,8H2,1H3,(H,9,10). The van der Waals surface area contributed by atoms with E-state index >= 15 is 0 Å². The van der Waals surface area contributed by atoms with Crippen molar-refractivity contribution >= 4 is 5.69 Å². The molecule has 0 amide bonds. The summed E-state index contributed by atoms with van der Waals surface area (Å²) in [5.41, 5.74) is 6.04. The third kappa shape index (κ3) is 2.43. The van der Waals surface area contributed by atoms with Crippen molar-refractivity contribution < 1.29 is 9.47 Å². The van der Waals surface area contributed by atoms with Crippen LogP contribution in [0.2, 0.25) is 0 Å². The summed E-state index contributed by atoms with van der Waals surface area (Å²) in [5.74, 6) is 0.533. The lowest BCUT2D eigenvalue weighted by atomic mass is 10.5. The molecule has 1 rings (SSSR count). The van der Waals surface area contributed by atoms with Crippen molar-refractivity contribution in [2.24, 2.45) is 0 Å². The third-order valence-electron chi connectivity index (χ3n) is 1.37. The number of nitrogens with zero attached hydrogens (tertiary/aromatic N) is 1. The zero-order chi connectivity index (χ0) is 8.81. The van der Waals surface area contributed by atoms with Gasteiger partial charge in [-0.25, -0.2) is 5.10 Å². The van der Waals surface area contributed by atoms with E-state index in [9.17, 15) is 0 Å². The molecule has 0 atom stereocenters. The smallest absolute Gasteiger partial charge is 0.233 e. The van der Waals surface area contributed by atoms with Crippen molar-refractivity contribution in [3.63, 3.8) is 0 Å². The molecule has 68 valence electrons. The highest BCUT2D eigenvalue weighted by Crippen LogP contribution is 2.15. The molecule has 0 aliphatic carbocycles. The van der Waals surface area contributed by atoms with E-state index < -0.39 is 0 Å². The number of nitrogens with two attached hydrogens (primary N) is 1. The summed E-state index contributed by atoms with van der Waals surface area (Å²) in [5, 5.41) is 6.36. The largest absolute Gasteiger partial charge is 0.476 e. The first kappa shape index (κ1) is 8.86. The van der Waals surface area contributed by atoms with E-state index in [1.54, 1.807) is 7.11 Å². The first-order chi connectivity index (χ1) is 5.84. The molecule has 12 heavy (non-hydrogen) atoms. The third-order valence-corrected chi connectivity index (χ3v) is 1.37. The minimum Gasteiger partial charge on any atom is -0.476 e. The van der Waals surface area contributed by atoms with Crippen LogP contribution in [-0.4, -0.2) is 30.5 Å². The molecule has 5 nitrogen and oxygen atoms in total. The molecule has 0 spiro atoms. The van der Waals surface area contributed by atoms with Crippen molar-refractivity contribution in [1.29, 1.82) is 0 Å². The number of nitrogens with one attached hydrogen (secondary N) is 1. The topological polar surface area (TPSA) is 73.2 Å². The summed E-state index contributed by atoms with van der Waals surface area (Å²) < 4.78 is 10.1. The molecule has 0 fully saturated rings. The highest BCUT2D eigenvalue weighted by molar-refractivity contribution is 5.45. The van der Waals surface area contributed by atoms with Gasteiger partial charge in [-0.15, -0.1) is 0 Å². The zero-order valence-corrected chi connectivity index (χ0v) is 7.04. The lowest BCUT2D eigenvalue weighted by molar-refractivity contribution is 0.171. The van der Waals surface area contributed by atoms with Crippen LogP contribution in [0.3, 0.4) is 0 Å². The van der Waals surface area contributed by atoms with Gasteiger partial charge in [-0.2, -0.15) is 5.10 Å². The van der Waals surface area contributed by atoms with Gasteiger partial charge >= 0.3 is 0 Å². The van der Waals surface area contributed by atoms with Gasteiger partial charge in [0, 0.05) is 20.1 Å². The first-order valence-electron chi connectivity index (χ1n) is 3.75. The van der Waals surface area contributed by atoms with Crippen LogP contribution in [0.15, 0.2) is 6.20 Å². The molecule has 0 aliphatic rings. The van der Waals surface area contributed by atoms with E-state index in [1.165, 1.54) is 6.20 Å². The summed E-state index contributed by atoms with van der Waals surface area (Å²) in [4.78, 5) is 0. The van der Waals surface area contributed by atoms with Crippen molar-refractivity contribution in [1.82, 2.24) is 10.2 Å². The number of anilines is 1. The summed E-state index contributed by atoms with van der Waals surface area (Å²) in [7, 11) is 1.66. The average molecular weight is 171 g/mol. The van der Waals surface area contributed by atoms with Crippen LogP contribution in [0.1, 0.15) is 6.42 Å². The molecular weight excluding hydrogens is 158 g/mol. The summed E-state index contributed by atoms with van der Waals surface area (Å²) in [6, 6.07) is 0. The van der Waals surface area contributed by atoms with Crippen LogP contribution < -0.4 is 10.5 Å². The minimum absolute atomic E-state index is 0.533.